The summed E-state index contributed by atoms with van der Waals surface area (Å²) in [5.41, 5.74) is 1.72. The summed E-state index contributed by atoms with van der Waals surface area (Å²) < 4.78 is 4.96. The van der Waals surface area contributed by atoms with E-state index in [9.17, 15) is 4.79 Å². The lowest BCUT2D eigenvalue weighted by Crippen LogP contribution is -2.24. The van der Waals surface area contributed by atoms with Gasteiger partial charge in [-0.25, -0.2) is 14.8 Å². The largest absolute Gasteiger partial charge is 0.465 e. The van der Waals surface area contributed by atoms with Crippen molar-refractivity contribution in [3.8, 4) is 0 Å². The smallest absolute Gasteiger partial charge is 0.327 e. The molecule has 1 unspecified atom stereocenters. The number of esters is 1. The molecule has 1 N–H and O–H groups in total. The van der Waals surface area contributed by atoms with Crippen molar-refractivity contribution in [2.75, 3.05) is 6.61 Å². The molecule has 0 saturated carbocycles. The van der Waals surface area contributed by atoms with Crippen LogP contribution in [0.2, 0.25) is 0 Å². The first-order valence-corrected chi connectivity index (χ1v) is 4.94. The van der Waals surface area contributed by atoms with Crippen LogP contribution >= 0.6 is 0 Å². The Hall–Kier alpha value is -1.49. The second-order valence-electron chi connectivity index (χ2n) is 3.39. The zero-order valence-corrected chi connectivity index (χ0v) is 8.78. The fraction of sp³-hybridized carbons (Fsp3) is 0.500. The van der Waals surface area contributed by atoms with E-state index in [1.165, 1.54) is 0 Å². The third-order valence-electron chi connectivity index (χ3n) is 2.33. The number of rotatable bonds is 2. The van der Waals surface area contributed by atoms with Crippen LogP contribution in [0, 0.1) is 6.92 Å². The van der Waals surface area contributed by atoms with Crippen molar-refractivity contribution in [2.24, 2.45) is 0 Å². The van der Waals surface area contributed by atoms with Crippen LogP contribution < -0.4 is 5.32 Å². The first-order chi connectivity index (χ1) is 7.22. The van der Waals surface area contributed by atoms with Crippen molar-refractivity contribution in [3.63, 3.8) is 0 Å². The molecule has 1 aliphatic heterocycles. The van der Waals surface area contributed by atoms with Gasteiger partial charge in [-0.05, 0) is 13.8 Å². The van der Waals surface area contributed by atoms with Crippen LogP contribution in [0.1, 0.15) is 30.0 Å². The van der Waals surface area contributed by atoms with Gasteiger partial charge in [-0.1, -0.05) is 0 Å². The molecule has 2 heterocycles. The third kappa shape index (κ3) is 1.83. The molecule has 5 nitrogen and oxygen atoms in total. The summed E-state index contributed by atoms with van der Waals surface area (Å²) in [6, 6.07) is -0.402. The summed E-state index contributed by atoms with van der Waals surface area (Å²) >= 11 is 0. The highest BCUT2D eigenvalue weighted by atomic mass is 16.5. The number of hydrogen-bond donors (Lipinski definition) is 1. The average molecular weight is 207 g/mol. The summed E-state index contributed by atoms with van der Waals surface area (Å²) in [7, 11) is 0. The summed E-state index contributed by atoms with van der Waals surface area (Å²) in [4.78, 5) is 19.9. The Morgan fingerprint density at radius 3 is 3.27 bits per heavy atom. The number of aryl methyl sites for hydroxylation is 1. The lowest BCUT2D eigenvalue weighted by Gasteiger charge is -2.09. The van der Waals surface area contributed by atoms with Gasteiger partial charge in [-0.15, -0.1) is 0 Å². The van der Waals surface area contributed by atoms with Gasteiger partial charge in [0.05, 0.1) is 12.3 Å². The molecule has 0 bridgehead atoms. The maximum Gasteiger partial charge on any atom is 0.327 e. The molecule has 80 valence electrons. The van der Waals surface area contributed by atoms with Gasteiger partial charge in [0.25, 0.3) is 0 Å². The maximum absolute atomic E-state index is 11.6. The SMILES string of the molecule is CCOC(=O)C1NCc2nc(C)ncc21. The summed E-state index contributed by atoms with van der Waals surface area (Å²) in [5.74, 6) is 0.462. The highest BCUT2D eigenvalue weighted by Crippen LogP contribution is 2.23. The number of ether oxygens (including phenoxy) is 1. The van der Waals surface area contributed by atoms with E-state index in [2.05, 4.69) is 15.3 Å². The molecule has 1 aromatic heterocycles. The topological polar surface area (TPSA) is 64.1 Å². The normalized spacial score (nSPS) is 18.7. The van der Waals surface area contributed by atoms with Crippen LogP contribution in [-0.4, -0.2) is 22.5 Å². The van der Waals surface area contributed by atoms with Gasteiger partial charge in [0, 0.05) is 18.3 Å². The van der Waals surface area contributed by atoms with E-state index in [0.717, 1.165) is 17.1 Å². The van der Waals surface area contributed by atoms with Crippen molar-refractivity contribution in [3.05, 3.63) is 23.3 Å². The molecule has 1 aromatic rings. The second-order valence-corrected chi connectivity index (χ2v) is 3.39. The number of hydrogen-bond acceptors (Lipinski definition) is 5. The maximum atomic E-state index is 11.6. The van der Waals surface area contributed by atoms with Crippen LogP contribution in [0.3, 0.4) is 0 Å². The third-order valence-corrected chi connectivity index (χ3v) is 2.33. The highest BCUT2D eigenvalue weighted by Gasteiger charge is 2.30. The minimum Gasteiger partial charge on any atom is -0.465 e. The van der Waals surface area contributed by atoms with Crippen molar-refractivity contribution in [1.29, 1.82) is 0 Å². The quantitative estimate of drug-likeness (QED) is 0.715. The van der Waals surface area contributed by atoms with Gasteiger partial charge < -0.3 is 4.74 Å². The molecule has 0 spiro atoms. The first kappa shape index (κ1) is 10.0. The minimum atomic E-state index is -0.402. The Morgan fingerprint density at radius 2 is 2.53 bits per heavy atom. The Bertz CT molecular complexity index is 392. The fourth-order valence-electron chi connectivity index (χ4n) is 1.65. The van der Waals surface area contributed by atoms with Crippen LogP contribution in [0.5, 0.6) is 0 Å². The van der Waals surface area contributed by atoms with E-state index in [1.54, 1.807) is 13.1 Å². The predicted molar refractivity (Wildman–Crippen MR) is 53.0 cm³/mol. The van der Waals surface area contributed by atoms with E-state index in [4.69, 9.17) is 4.74 Å². The molecule has 0 amide bonds. The van der Waals surface area contributed by atoms with E-state index < -0.39 is 6.04 Å². The van der Waals surface area contributed by atoms with Gasteiger partial charge in [0.1, 0.15) is 11.9 Å². The zero-order valence-electron chi connectivity index (χ0n) is 8.78. The van der Waals surface area contributed by atoms with E-state index in [-0.39, 0.29) is 5.97 Å². The first-order valence-electron chi connectivity index (χ1n) is 4.94. The molecule has 0 aromatic carbocycles. The number of carbonyl (C=O) groups is 1. The lowest BCUT2D eigenvalue weighted by molar-refractivity contribution is -0.145. The van der Waals surface area contributed by atoms with Crippen molar-refractivity contribution < 1.29 is 9.53 Å². The number of carbonyl (C=O) groups excluding carboxylic acids is 1. The molecule has 0 fully saturated rings. The van der Waals surface area contributed by atoms with Gasteiger partial charge in [-0.3, -0.25) is 5.32 Å². The van der Waals surface area contributed by atoms with Gasteiger partial charge in [-0.2, -0.15) is 0 Å². The zero-order chi connectivity index (χ0) is 10.8. The molecule has 2 rings (SSSR count). The Morgan fingerprint density at radius 1 is 1.73 bits per heavy atom. The fourth-order valence-corrected chi connectivity index (χ4v) is 1.65. The number of fused-ring (bicyclic) bond motifs is 1. The standard InChI is InChI=1S/C10H13N3O2/c1-3-15-10(14)9-7-4-11-6(2)13-8(7)5-12-9/h4,9,12H,3,5H2,1-2H3. The Labute approximate surface area is 87.9 Å². The van der Waals surface area contributed by atoms with Crippen molar-refractivity contribution >= 4 is 5.97 Å². The lowest BCUT2D eigenvalue weighted by atomic mass is 10.1. The second kappa shape index (κ2) is 3.94. The molecule has 1 atom stereocenters. The summed E-state index contributed by atoms with van der Waals surface area (Å²) in [6.07, 6.45) is 1.69. The predicted octanol–water partition coefficient (Wildman–Crippen LogP) is 0.492. The monoisotopic (exact) mass is 207 g/mol. The van der Waals surface area contributed by atoms with E-state index >= 15 is 0 Å². The number of nitrogens with one attached hydrogen (secondary N) is 1. The summed E-state index contributed by atoms with van der Waals surface area (Å²) in [6.45, 7) is 4.61. The van der Waals surface area contributed by atoms with Crippen LogP contribution in [0.4, 0.5) is 0 Å². The van der Waals surface area contributed by atoms with Crippen molar-refractivity contribution in [1.82, 2.24) is 15.3 Å². The molecule has 15 heavy (non-hydrogen) atoms. The molecular formula is C10H13N3O2. The highest BCUT2D eigenvalue weighted by molar-refractivity contribution is 5.78. The van der Waals surface area contributed by atoms with Crippen LogP contribution in [-0.2, 0) is 16.1 Å². The van der Waals surface area contributed by atoms with E-state index in [0.29, 0.717) is 13.2 Å². The summed E-state index contributed by atoms with van der Waals surface area (Å²) in [5, 5.41) is 3.06. The van der Waals surface area contributed by atoms with Gasteiger partial charge in [0.2, 0.25) is 0 Å². The van der Waals surface area contributed by atoms with Crippen molar-refractivity contribution in [2.45, 2.75) is 26.4 Å². The Kier molecular flexibility index (Phi) is 2.64. The van der Waals surface area contributed by atoms with Gasteiger partial charge >= 0.3 is 5.97 Å². The molecule has 5 heteroatoms. The Balaban J connectivity index is 2.25. The van der Waals surface area contributed by atoms with Crippen LogP contribution in [0.15, 0.2) is 6.20 Å². The van der Waals surface area contributed by atoms with Crippen LogP contribution in [0.25, 0.3) is 0 Å². The molecule has 0 radical (unpaired) electrons. The number of aromatic nitrogens is 2. The molecule has 0 aliphatic carbocycles. The molecular weight excluding hydrogens is 194 g/mol. The average Bonchev–Trinajstić information content (AvgIpc) is 2.60. The number of nitrogens with zero attached hydrogens (tertiary/aromatic N) is 2. The molecule has 1 aliphatic rings. The van der Waals surface area contributed by atoms with E-state index in [1.807, 2.05) is 6.92 Å². The molecule has 0 saturated heterocycles. The minimum absolute atomic E-state index is 0.260. The van der Waals surface area contributed by atoms with Gasteiger partial charge in [0.15, 0.2) is 0 Å².